The Morgan fingerprint density at radius 3 is 2.61 bits per heavy atom. The van der Waals surface area contributed by atoms with Gasteiger partial charge in [0.25, 0.3) is 5.56 Å². The number of nitrogens with zero attached hydrogens (tertiary/aromatic N) is 3. The van der Waals surface area contributed by atoms with Gasteiger partial charge in [0.15, 0.2) is 0 Å². The van der Waals surface area contributed by atoms with Gasteiger partial charge in [-0.2, -0.15) is 5.10 Å². The Hall–Kier alpha value is -3.73. The maximum Gasteiger partial charge on any atom is 0.276 e. The normalized spacial score (nSPS) is 11.3. The molecule has 0 aliphatic heterocycles. The second kappa shape index (κ2) is 6.46. The highest BCUT2D eigenvalue weighted by Crippen LogP contribution is 2.27. The van der Waals surface area contributed by atoms with E-state index in [9.17, 15) is 9.18 Å². The minimum Gasteiger partial charge on any atom is -0.308 e. The van der Waals surface area contributed by atoms with Crippen LogP contribution in [-0.2, 0) is 6.54 Å². The van der Waals surface area contributed by atoms with Crippen LogP contribution in [0.3, 0.4) is 0 Å². The predicted molar refractivity (Wildman–Crippen MR) is 108 cm³/mol. The van der Waals surface area contributed by atoms with Gasteiger partial charge in [-0.25, -0.2) is 8.91 Å². The molecular weight excluding hydrogens is 353 g/mol. The van der Waals surface area contributed by atoms with Gasteiger partial charge in [-0.05, 0) is 34.5 Å². The molecule has 136 valence electrons. The molecule has 0 aliphatic carbocycles. The van der Waals surface area contributed by atoms with Crippen molar-refractivity contribution >= 4 is 16.3 Å². The SMILES string of the molecule is O=c1c2cc(-c3cccc4ccccc34)nn2ccn1Cc1cccc(F)c1. The van der Waals surface area contributed by atoms with Crippen molar-refractivity contribution < 1.29 is 4.39 Å². The summed E-state index contributed by atoms with van der Waals surface area (Å²) in [6.07, 6.45) is 3.44. The van der Waals surface area contributed by atoms with Gasteiger partial charge in [0.2, 0.25) is 0 Å². The van der Waals surface area contributed by atoms with Gasteiger partial charge >= 0.3 is 0 Å². The Kier molecular flexibility index (Phi) is 3.79. The van der Waals surface area contributed by atoms with Gasteiger partial charge in [0.1, 0.15) is 11.3 Å². The van der Waals surface area contributed by atoms with Crippen LogP contribution in [0, 0.1) is 5.82 Å². The summed E-state index contributed by atoms with van der Waals surface area (Å²) < 4.78 is 16.6. The molecule has 0 atom stereocenters. The largest absolute Gasteiger partial charge is 0.308 e. The summed E-state index contributed by atoms with van der Waals surface area (Å²) in [5.41, 5.74) is 2.79. The summed E-state index contributed by atoms with van der Waals surface area (Å²) in [4.78, 5) is 12.9. The highest BCUT2D eigenvalue weighted by atomic mass is 19.1. The molecule has 3 aromatic carbocycles. The standard InChI is InChI=1S/C23H16FN3O/c24-18-8-3-5-16(13-18)15-26-11-12-27-22(23(26)28)14-21(25-27)20-10-4-7-17-6-1-2-9-19(17)20/h1-14H,15H2. The summed E-state index contributed by atoms with van der Waals surface area (Å²) in [5, 5.41) is 6.82. The van der Waals surface area contributed by atoms with E-state index in [0.717, 1.165) is 27.6 Å². The smallest absolute Gasteiger partial charge is 0.276 e. The van der Waals surface area contributed by atoms with Crippen LogP contribution in [-0.4, -0.2) is 14.2 Å². The second-order valence-electron chi connectivity index (χ2n) is 6.75. The van der Waals surface area contributed by atoms with Crippen LogP contribution < -0.4 is 5.56 Å². The molecule has 0 unspecified atom stereocenters. The summed E-state index contributed by atoms with van der Waals surface area (Å²) in [7, 11) is 0. The molecule has 0 radical (unpaired) electrons. The van der Waals surface area contributed by atoms with Crippen molar-refractivity contribution in [3.63, 3.8) is 0 Å². The molecule has 5 rings (SSSR count). The molecule has 0 N–H and O–H groups in total. The topological polar surface area (TPSA) is 39.3 Å². The molecule has 4 nitrogen and oxygen atoms in total. The second-order valence-corrected chi connectivity index (χ2v) is 6.75. The van der Waals surface area contributed by atoms with Crippen LogP contribution in [0.25, 0.3) is 27.5 Å². The molecule has 0 bridgehead atoms. The lowest BCUT2D eigenvalue weighted by Crippen LogP contribution is -2.21. The number of aromatic nitrogens is 3. The van der Waals surface area contributed by atoms with E-state index < -0.39 is 0 Å². The number of halogens is 1. The van der Waals surface area contributed by atoms with Gasteiger partial charge in [-0.3, -0.25) is 4.79 Å². The predicted octanol–water partition coefficient (Wildman–Crippen LogP) is 4.50. The number of rotatable bonds is 3. The Balaban J connectivity index is 1.62. The zero-order chi connectivity index (χ0) is 19.1. The molecule has 0 amide bonds. The molecule has 5 heteroatoms. The fourth-order valence-electron chi connectivity index (χ4n) is 3.56. The first-order chi connectivity index (χ1) is 13.7. The van der Waals surface area contributed by atoms with E-state index in [0.29, 0.717) is 12.1 Å². The summed E-state index contributed by atoms with van der Waals surface area (Å²) in [6.45, 7) is 0.307. The van der Waals surface area contributed by atoms with E-state index in [4.69, 9.17) is 0 Å². The van der Waals surface area contributed by atoms with Crippen molar-refractivity contribution in [2.24, 2.45) is 0 Å². The van der Waals surface area contributed by atoms with Crippen LogP contribution in [0.5, 0.6) is 0 Å². The highest BCUT2D eigenvalue weighted by Gasteiger charge is 2.11. The fourth-order valence-corrected chi connectivity index (χ4v) is 3.56. The van der Waals surface area contributed by atoms with Crippen molar-refractivity contribution in [2.75, 3.05) is 0 Å². The van der Waals surface area contributed by atoms with Crippen LogP contribution >= 0.6 is 0 Å². The molecule has 2 aromatic heterocycles. The number of hydrogen-bond acceptors (Lipinski definition) is 2. The van der Waals surface area contributed by atoms with Crippen molar-refractivity contribution in [3.05, 3.63) is 107 Å². The van der Waals surface area contributed by atoms with Gasteiger partial charge in [-0.15, -0.1) is 0 Å². The van der Waals surface area contributed by atoms with Gasteiger partial charge < -0.3 is 4.57 Å². The molecule has 28 heavy (non-hydrogen) atoms. The van der Waals surface area contributed by atoms with Crippen LogP contribution in [0.4, 0.5) is 4.39 Å². The van der Waals surface area contributed by atoms with Crippen LogP contribution in [0.15, 0.2) is 90.0 Å². The number of hydrogen-bond donors (Lipinski definition) is 0. The van der Waals surface area contributed by atoms with Crippen LogP contribution in [0.1, 0.15) is 5.56 Å². The Labute approximate surface area is 160 Å². The lowest BCUT2D eigenvalue weighted by atomic mass is 10.0. The molecule has 2 heterocycles. The van der Waals surface area contributed by atoms with Gasteiger partial charge in [0, 0.05) is 18.0 Å². The van der Waals surface area contributed by atoms with E-state index in [-0.39, 0.29) is 11.4 Å². The third-order valence-corrected chi connectivity index (χ3v) is 4.91. The minimum atomic E-state index is -0.311. The first kappa shape index (κ1) is 16.4. The highest BCUT2D eigenvalue weighted by molar-refractivity contribution is 5.96. The van der Waals surface area contributed by atoms with Crippen LogP contribution in [0.2, 0.25) is 0 Å². The number of benzene rings is 3. The van der Waals surface area contributed by atoms with E-state index in [2.05, 4.69) is 23.3 Å². The molecule has 0 aliphatic rings. The van der Waals surface area contributed by atoms with E-state index in [1.807, 2.05) is 30.3 Å². The van der Waals surface area contributed by atoms with Crippen molar-refractivity contribution in [1.29, 1.82) is 0 Å². The Bertz CT molecular complexity index is 1380. The summed E-state index contributed by atoms with van der Waals surface area (Å²) >= 11 is 0. The van der Waals surface area contributed by atoms with Gasteiger partial charge in [0.05, 0.1) is 12.2 Å². The Morgan fingerprint density at radius 1 is 0.893 bits per heavy atom. The van der Waals surface area contributed by atoms with Crippen molar-refractivity contribution in [2.45, 2.75) is 6.54 Å². The van der Waals surface area contributed by atoms with E-state index in [1.165, 1.54) is 12.1 Å². The first-order valence-corrected chi connectivity index (χ1v) is 9.00. The molecule has 0 fully saturated rings. The van der Waals surface area contributed by atoms with Gasteiger partial charge in [-0.1, -0.05) is 54.6 Å². The van der Waals surface area contributed by atoms with Crippen molar-refractivity contribution in [1.82, 2.24) is 14.2 Å². The lowest BCUT2D eigenvalue weighted by molar-refractivity contribution is 0.622. The average Bonchev–Trinajstić information content (AvgIpc) is 3.15. The quantitative estimate of drug-likeness (QED) is 0.470. The molecule has 0 saturated heterocycles. The first-order valence-electron chi connectivity index (χ1n) is 9.00. The summed E-state index contributed by atoms with van der Waals surface area (Å²) in [5.74, 6) is -0.311. The zero-order valence-electron chi connectivity index (χ0n) is 14.9. The summed E-state index contributed by atoms with van der Waals surface area (Å²) in [6, 6.07) is 22.2. The van der Waals surface area contributed by atoms with Crippen molar-refractivity contribution in [3.8, 4) is 11.3 Å². The molecule has 0 saturated carbocycles. The maximum atomic E-state index is 13.4. The molecule has 5 aromatic rings. The third-order valence-electron chi connectivity index (χ3n) is 4.91. The third kappa shape index (κ3) is 2.77. The average molecular weight is 369 g/mol. The van der Waals surface area contributed by atoms with E-state index in [1.54, 1.807) is 33.6 Å². The Morgan fingerprint density at radius 2 is 1.71 bits per heavy atom. The molecule has 0 spiro atoms. The molecular formula is C23H16FN3O. The monoisotopic (exact) mass is 369 g/mol. The fraction of sp³-hybridized carbons (Fsp3) is 0.0435. The maximum absolute atomic E-state index is 13.4. The van der Waals surface area contributed by atoms with E-state index >= 15 is 0 Å². The number of fused-ring (bicyclic) bond motifs is 2. The lowest BCUT2D eigenvalue weighted by Gasteiger charge is -2.06. The minimum absolute atomic E-state index is 0.161. The zero-order valence-corrected chi connectivity index (χ0v) is 14.9.